The summed E-state index contributed by atoms with van der Waals surface area (Å²) in [6.45, 7) is 4.76. The molecule has 0 spiro atoms. The monoisotopic (exact) mass is 613 g/mol. The second-order valence-corrected chi connectivity index (χ2v) is 13.4. The second-order valence-electron chi connectivity index (χ2n) is 13.4. The Hall–Kier alpha value is -6.06. The standard InChI is InChI=1S/C45H31N3/c1-45(2)37-27-41-36(26-35(37)34-24-23-28-13-6-7-18-32(28)42(34)45)33-19-8-11-22-40(33)48(41)31-17-12-16-30(25-31)44-43(29-14-4-3-5-15-29)46-38-20-9-10-21-39(38)47-44/h3-27H,1-2H3. The van der Waals surface area contributed by atoms with E-state index >= 15 is 0 Å². The highest BCUT2D eigenvalue weighted by molar-refractivity contribution is 6.12. The Morgan fingerprint density at radius 1 is 0.479 bits per heavy atom. The van der Waals surface area contributed by atoms with E-state index in [1.807, 2.05) is 30.3 Å². The number of aromatic nitrogens is 3. The van der Waals surface area contributed by atoms with Crippen LogP contribution in [0, 0.1) is 0 Å². The van der Waals surface area contributed by atoms with E-state index in [1.54, 1.807) is 0 Å². The van der Waals surface area contributed by atoms with Crippen LogP contribution in [0.4, 0.5) is 0 Å². The Kier molecular flexibility index (Phi) is 5.63. The van der Waals surface area contributed by atoms with Crippen molar-refractivity contribution in [3.05, 3.63) is 163 Å². The van der Waals surface area contributed by atoms with E-state index in [0.29, 0.717) is 0 Å². The summed E-state index contributed by atoms with van der Waals surface area (Å²) in [6.07, 6.45) is 0. The maximum atomic E-state index is 5.21. The second kappa shape index (κ2) is 9.97. The molecule has 0 fully saturated rings. The van der Waals surface area contributed by atoms with E-state index in [0.717, 1.165) is 39.2 Å². The number of rotatable bonds is 3. The molecule has 0 bridgehead atoms. The van der Waals surface area contributed by atoms with E-state index in [9.17, 15) is 0 Å². The first kappa shape index (κ1) is 27.1. The van der Waals surface area contributed by atoms with Gasteiger partial charge < -0.3 is 4.57 Å². The molecule has 0 amide bonds. The molecule has 1 aliphatic carbocycles. The van der Waals surface area contributed by atoms with Gasteiger partial charge in [0.15, 0.2) is 0 Å². The van der Waals surface area contributed by atoms with Gasteiger partial charge in [-0.05, 0) is 75.5 Å². The Bertz CT molecular complexity index is 2750. The van der Waals surface area contributed by atoms with Crippen LogP contribution < -0.4 is 0 Å². The van der Waals surface area contributed by atoms with Gasteiger partial charge in [-0.25, -0.2) is 9.97 Å². The van der Waals surface area contributed by atoms with Crippen molar-refractivity contribution in [2.24, 2.45) is 0 Å². The molecule has 2 aromatic heterocycles. The summed E-state index contributed by atoms with van der Waals surface area (Å²) in [6, 6.07) is 54.4. The van der Waals surface area contributed by atoms with Gasteiger partial charge in [0.2, 0.25) is 0 Å². The van der Waals surface area contributed by atoms with Crippen molar-refractivity contribution < 1.29 is 0 Å². The molecular formula is C45H31N3. The maximum Gasteiger partial charge on any atom is 0.0973 e. The molecule has 2 heterocycles. The first-order valence-electron chi connectivity index (χ1n) is 16.6. The third-order valence-electron chi connectivity index (χ3n) is 10.3. The molecule has 3 heteroatoms. The Morgan fingerprint density at radius 2 is 1.15 bits per heavy atom. The normalized spacial score (nSPS) is 13.4. The maximum absolute atomic E-state index is 5.21. The minimum atomic E-state index is -0.145. The van der Waals surface area contributed by atoms with E-state index in [2.05, 4.69) is 140 Å². The van der Waals surface area contributed by atoms with Crippen molar-refractivity contribution in [2.75, 3.05) is 0 Å². The van der Waals surface area contributed by atoms with Crippen LogP contribution in [-0.4, -0.2) is 14.5 Å². The molecule has 3 nitrogen and oxygen atoms in total. The van der Waals surface area contributed by atoms with Gasteiger partial charge in [-0.3, -0.25) is 0 Å². The number of fused-ring (bicyclic) bond motifs is 9. The van der Waals surface area contributed by atoms with E-state index < -0.39 is 0 Å². The molecule has 0 aliphatic heterocycles. The van der Waals surface area contributed by atoms with Crippen LogP contribution in [0.15, 0.2) is 152 Å². The van der Waals surface area contributed by atoms with Gasteiger partial charge in [-0.1, -0.05) is 123 Å². The summed E-state index contributed by atoms with van der Waals surface area (Å²) < 4.78 is 2.43. The van der Waals surface area contributed by atoms with Gasteiger partial charge in [0.25, 0.3) is 0 Å². The molecule has 9 aromatic rings. The quantitative estimate of drug-likeness (QED) is 0.198. The molecular weight excluding hydrogens is 583 g/mol. The zero-order valence-electron chi connectivity index (χ0n) is 26.8. The average molecular weight is 614 g/mol. The third-order valence-corrected chi connectivity index (χ3v) is 10.3. The van der Waals surface area contributed by atoms with Crippen LogP contribution in [0.25, 0.3) is 82.9 Å². The zero-order chi connectivity index (χ0) is 32.0. The lowest BCUT2D eigenvalue weighted by atomic mass is 9.80. The van der Waals surface area contributed by atoms with Crippen molar-refractivity contribution >= 4 is 43.6 Å². The van der Waals surface area contributed by atoms with Gasteiger partial charge >= 0.3 is 0 Å². The van der Waals surface area contributed by atoms with Crippen LogP contribution in [-0.2, 0) is 5.41 Å². The summed E-state index contributed by atoms with van der Waals surface area (Å²) in [4.78, 5) is 10.4. The van der Waals surface area contributed by atoms with Crippen molar-refractivity contribution in [2.45, 2.75) is 19.3 Å². The van der Waals surface area contributed by atoms with Gasteiger partial charge in [0, 0.05) is 33.0 Å². The molecule has 7 aromatic carbocycles. The average Bonchev–Trinajstić information content (AvgIpc) is 3.58. The largest absolute Gasteiger partial charge is 0.309 e. The SMILES string of the molecule is CC1(C)c2cc3c(cc2-c2ccc4ccccc4c21)c1ccccc1n3-c1cccc(-c2nc3ccccc3nc2-c2ccccc2)c1. The fourth-order valence-corrected chi connectivity index (χ4v) is 8.13. The number of hydrogen-bond donors (Lipinski definition) is 0. The van der Waals surface area contributed by atoms with E-state index in [4.69, 9.17) is 9.97 Å². The first-order valence-corrected chi connectivity index (χ1v) is 16.6. The highest BCUT2D eigenvalue weighted by Crippen LogP contribution is 2.53. The minimum absolute atomic E-state index is 0.145. The van der Waals surface area contributed by atoms with Crippen molar-refractivity contribution in [1.29, 1.82) is 0 Å². The first-order chi connectivity index (χ1) is 23.6. The fourth-order valence-electron chi connectivity index (χ4n) is 8.13. The summed E-state index contributed by atoms with van der Waals surface area (Å²) in [7, 11) is 0. The van der Waals surface area contributed by atoms with Crippen LogP contribution in [0.3, 0.4) is 0 Å². The number of para-hydroxylation sites is 3. The van der Waals surface area contributed by atoms with Crippen molar-refractivity contribution in [3.63, 3.8) is 0 Å². The summed E-state index contributed by atoms with van der Waals surface area (Å²) >= 11 is 0. The predicted octanol–water partition coefficient (Wildman–Crippen LogP) is 11.5. The van der Waals surface area contributed by atoms with E-state index in [1.165, 1.54) is 54.8 Å². The highest BCUT2D eigenvalue weighted by atomic mass is 15.0. The van der Waals surface area contributed by atoms with Crippen LogP contribution in [0.5, 0.6) is 0 Å². The van der Waals surface area contributed by atoms with Crippen LogP contribution in [0.2, 0.25) is 0 Å². The smallest absolute Gasteiger partial charge is 0.0973 e. The summed E-state index contributed by atoms with van der Waals surface area (Å²) in [5, 5.41) is 5.15. The Morgan fingerprint density at radius 3 is 1.96 bits per heavy atom. The van der Waals surface area contributed by atoms with Crippen LogP contribution in [0.1, 0.15) is 25.0 Å². The molecule has 10 rings (SSSR count). The number of nitrogens with zero attached hydrogens (tertiary/aromatic N) is 3. The van der Waals surface area contributed by atoms with E-state index in [-0.39, 0.29) is 5.41 Å². The lowest BCUT2D eigenvalue weighted by Gasteiger charge is -2.23. The Balaban J connectivity index is 1.22. The zero-order valence-corrected chi connectivity index (χ0v) is 26.8. The van der Waals surface area contributed by atoms with Crippen molar-refractivity contribution in [1.82, 2.24) is 14.5 Å². The molecule has 0 radical (unpaired) electrons. The molecule has 48 heavy (non-hydrogen) atoms. The van der Waals surface area contributed by atoms with Gasteiger partial charge in [-0.15, -0.1) is 0 Å². The summed E-state index contributed by atoms with van der Waals surface area (Å²) in [5.41, 5.74) is 14.5. The van der Waals surface area contributed by atoms with Gasteiger partial charge in [0.05, 0.1) is 33.5 Å². The summed E-state index contributed by atoms with van der Waals surface area (Å²) in [5.74, 6) is 0. The molecule has 0 atom stereocenters. The highest BCUT2D eigenvalue weighted by Gasteiger charge is 2.37. The molecule has 0 saturated heterocycles. The molecule has 0 N–H and O–H groups in total. The lowest BCUT2D eigenvalue weighted by Crippen LogP contribution is -2.15. The van der Waals surface area contributed by atoms with Crippen LogP contribution >= 0.6 is 0 Å². The lowest BCUT2D eigenvalue weighted by molar-refractivity contribution is 0.667. The van der Waals surface area contributed by atoms with Gasteiger partial charge in [0.1, 0.15) is 0 Å². The molecule has 1 aliphatic rings. The molecule has 0 unspecified atom stereocenters. The topological polar surface area (TPSA) is 30.7 Å². The minimum Gasteiger partial charge on any atom is -0.309 e. The molecule has 226 valence electrons. The van der Waals surface area contributed by atoms with Crippen molar-refractivity contribution in [3.8, 4) is 39.3 Å². The third kappa shape index (κ3) is 3.82. The molecule has 0 saturated carbocycles. The fraction of sp³-hybridized carbons (Fsp3) is 0.0667. The number of hydrogen-bond acceptors (Lipinski definition) is 2. The van der Waals surface area contributed by atoms with Gasteiger partial charge in [-0.2, -0.15) is 0 Å². The Labute approximate surface area is 278 Å². The number of benzene rings is 7. The predicted molar refractivity (Wildman–Crippen MR) is 200 cm³/mol.